The van der Waals surface area contributed by atoms with Crippen LogP contribution in [0.3, 0.4) is 0 Å². The van der Waals surface area contributed by atoms with Crippen molar-refractivity contribution >= 4 is 23.7 Å². The van der Waals surface area contributed by atoms with Crippen LogP contribution in [0, 0.1) is 0 Å². The Bertz CT molecular complexity index is 1450. The summed E-state index contributed by atoms with van der Waals surface area (Å²) in [4.78, 5) is 28.3. The molecule has 7 nitrogen and oxygen atoms in total. The molecule has 0 unspecified atom stereocenters. The van der Waals surface area contributed by atoms with E-state index in [4.69, 9.17) is 9.47 Å². The number of rotatable bonds is 5. The SMILES string of the molecule is O=C(/C=C/c1cccc(C(F)(F)F)c1)N[C@H]1[C@H]2Oc3ccc(Oc4ccnc5c4CCC(=O)N5)cc3[C@@H]12. The maximum atomic E-state index is 12.9. The molecule has 2 aliphatic heterocycles. The molecule has 1 fully saturated rings. The van der Waals surface area contributed by atoms with E-state index in [1.165, 1.54) is 24.3 Å². The number of pyridine rings is 1. The van der Waals surface area contributed by atoms with Gasteiger partial charge in [0.15, 0.2) is 0 Å². The van der Waals surface area contributed by atoms with Crippen LogP contribution in [-0.2, 0) is 22.2 Å². The van der Waals surface area contributed by atoms with Crippen LogP contribution in [0.5, 0.6) is 17.2 Å². The van der Waals surface area contributed by atoms with E-state index in [2.05, 4.69) is 15.6 Å². The van der Waals surface area contributed by atoms with Crippen molar-refractivity contribution in [2.75, 3.05) is 5.32 Å². The number of amides is 2. The summed E-state index contributed by atoms with van der Waals surface area (Å²) in [6.07, 6.45) is 0.380. The third-order valence-corrected chi connectivity index (χ3v) is 6.61. The first-order valence-corrected chi connectivity index (χ1v) is 11.7. The zero-order chi connectivity index (χ0) is 25.7. The van der Waals surface area contributed by atoms with Crippen molar-refractivity contribution < 1.29 is 32.2 Å². The minimum absolute atomic E-state index is 0.0462. The van der Waals surface area contributed by atoms with E-state index in [1.807, 2.05) is 12.1 Å². The van der Waals surface area contributed by atoms with E-state index < -0.39 is 17.6 Å². The van der Waals surface area contributed by atoms with Gasteiger partial charge in [0.25, 0.3) is 0 Å². The second-order valence-corrected chi connectivity index (χ2v) is 9.09. The van der Waals surface area contributed by atoms with Crippen LogP contribution < -0.4 is 20.1 Å². The maximum Gasteiger partial charge on any atom is 0.416 e. The molecule has 2 aromatic carbocycles. The summed E-state index contributed by atoms with van der Waals surface area (Å²) in [5.74, 6) is 1.88. The van der Waals surface area contributed by atoms with Crippen molar-refractivity contribution in [1.82, 2.24) is 10.3 Å². The Morgan fingerprint density at radius 2 is 2.03 bits per heavy atom. The van der Waals surface area contributed by atoms with Crippen LogP contribution >= 0.6 is 0 Å². The largest absolute Gasteiger partial charge is 0.487 e. The summed E-state index contributed by atoms with van der Waals surface area (Å²) >= 11 is 0. The Labute approximate surface area is 209 Å². The van der Waals surface area contributed by atoms with E-state index in [0.29, 0.717) is 30.2 Å². The normalized spacial score (nSPS) is 21.4. The molecule has 2 N–H and O–H groups in total. The molecule has 1 aromatic heterocycles. The van der Waals surface area contributed by atoms with Gasteiger partial charge in [-0.1, -0.05) is 12.1 Å². The topological polar surface area (TPSA) is 89.6 Å². The molecular weight excluding hydrogens is 487 g/mol. The number of benzene rings is 2. The fourth-order valence-electron chi connectivity index (χ4n) is 4.76. The molecule has 1 aliphatic carbocycles. The molecule has 3 atom stereocenters. The van der Waals surface area contributed by atoms with Gasteiger partial charge in [0.1, 0.15) is 29.2 Å². The first-order chi connectivity index (χ1) is 17.8. The summed E-state index contributed by atoms with van der Waals surface area (Å²) in [5, 5.41) is 5.61. The molecule has 0 spiro atoms. The fourth-order valence-corrected chi connectivity index (χ4v) is 4.76. The van der Waals surface area contributed by atoms with Gasteiger partial charge in [0, 0.05) is 29.8 Å². The Morgan fingerprint density at radius 1 is 1.16 bits per heavy atom. The Morgan fingerprint density at radius 3 is 2.86 bits per heavy atom. The second kappa shape index (κ2) is 8.65. The third kappa shape index (κ3) is 4.50. The van der Waals surface area contributed by atoms with Crippen LogP contribution in [-0.4, -0.2) is 28.9 Å². The summed E-state index contributed by atoms with van der Waals surface area (Å²) in [6.45, 7) is 0. The smallest absolute Gasteiger partial charge is 0.416 e. The molecule has 10 heteroatoms. The van der Waals surface area contributed by atoms with Gasteiger partial charge in [-0.3, -0.25) is 9.59 Å². The van der Waals surface area contributed by atoms with Gasteiger partial charge in [-0.25, -0.2) is 4.98 Å². The predicted molar refractivity (Wildman–Crippen MR) is 127 cm³/mol. The quantitative estimate of drug-likeness (QED) is 0.483. The first kappa shape index (κ1) is 23.1. The molecule has 3 heterocycles. The number of carbonyl (C=O) groups is 2. The molecule has 6 rings (SSSR count). The summed E-state index contributed by atoms with van der Waals surface area (Å²) < 4.78 is 50.7. The molecule has 0 bridgehead atoms. The second-order valence-electron chi connectivity index (χ2n) is 9.09. The summed E-state index contributed by atoms with van der Waals surface area (Å²) in [7, 11) is 0. The minimum atomic E-state index is -4.45. The summed E-state index contributed by atoms with van der Waals surface area (Å²) in [5.41, 5.74) is 1.25. The predicted octanol–water partition coefficient (Wildman–Crippen LogP) is 4.83. The lowest BCUT2D eigenvalue weighted by atomic mass is 10.1. The molecule has 0 saturated heterocycles. The lowest BCUT2D eigenvalue weighted by molar-refractivity contribution is -0.137. The number of alkyl halides is 3. The molecule has 3 aromatic rings. The van der Waals surface area contributed by atoms with E-state index >= 15 is 0 Å². The van der Waals surface area contributed by atoms with Crippen molar-refractivity contribution in [3.8, 4) is 17.2 Å². The standard InChI is InChI=1S/C27H20F3N3O4/c28-27(29,30)15-3-1-2-14(12-15)4-8-21(34)32-24-23-18-13-16(5-7-19(18)37-25(23)24)36-20-10-11-31-26-17(20)6-9-22(35)33-26/h1-5,7-8,10-13,23-25H,6,9H2,(H,32,34)(H,31,33,35)/b8-4+/t23-,24+,25-/m0/s1. The lowest BCUT2D eigenvalue weighted by Gasteiger charge is -2.19. The molecular formula is C27H20F3N3O4. The van der Waals surface area contributed by atoms with Gasteiger partial charge in [-0.05, 0) is 54.5 Å². The van der Waals surface area contributed by atoms with Crippen molar-refractivity contribution in [1.29, 1.82) is 0 Å². The van der Waals surface area contributed by atoms with Crippen molar-refractivity contribution in [2.45, 2.75) is 37.1 Å². The molecule has 188 valence electrons. The van der Waals surface area contributed by atoms with E-state index in [-0.39, 0.29) is 29.5 Å². The number of halogens is 3. The molecule has 3 aliphatic rings. The number of hydrogen-bond donors (Lipinski definition) is 2. The van der Waals surface area contributed by atoms with Crippen LogP contribution in [0.15, 0.2) is 60.8 Å². The van der Waals surface area contributed by atoms with Crippen molar-refractivity contribution in [3.05, 3.63) is 83.1 Å². The number of nitrogens with one attached hydrogen (secondary N) is 2. The van der Waals surface area contributed by atoms with Gasteiger partial charge >= 0.3 is 6.18 Å². The van der Waals surface area contributed by atoms with Gasteiger partial charge < -0.3 is 20.1 Å². The zero-order valence-corrected chi connectivity index (χ0v) is 19.2. The average molecular weight is 507 g/mol. The van der Waals surface area contributed by atoms with Gasteiger partial charge in [0.05, 0.1) is 17.5 Å². The number of fused-ring (bicyclic) bond motifs is 4. The van der Waals surface area contributed by atoms with E-state index in [0.717, 1.165) is 29.0 Å². The van der Waals surface area contributed by atoms with Crippen LogP contribution in [0.1, 0.15) is 34.6 Å². The molecule has 37 heavy (non-hydrogen) atoms. The zero-order valence-electron chi connectivity index (χ0n) is 19.2. The van der Waals surface area contributed by atoms with Gasteiger partial charge in [-0.15, -0.1) is 0 Å². The highest BCUT2D eigenvalue weighted by atomic mass is 19.4. The monoisotopic (exact) mass is 507 g/mol. The van der Waals surface area contributed by atoms with Crippen molar-refractivity contribution in [2.24, 2.45) is 0 Å². The molecule has 0 radical (unpaired) electrons. The van der Waals surface area contributed by atoms with Gasteiger partial charge in [0.2, 0.25) is 11.8 Å². The van der Waals surface area contributed by atoms with E-state index in [1.54, 1.807) is 18.3 Å². The number of anilines is 1. The number of carbonyl (C=O) groups excluding carboxylic acids is 2. The Hall–Kier alpha value is -4.34. The minimum Gasteiger partial charge on any atom is -0.487 e. The highest BCUT2D eigenvalue weighted by Gasteiger charge is 2.59. The molecule has 2 amide bonds. The summed E-state index contributed by atoms with van der Waals surface area (Å²) in [6, 6.07) is 11.8. The third-order valence-electron chi connectivity index (χ3n) is 6.61. The Kier molecular flexibility index (Phi) is 5.40. The fraction of sp³-hybridized carbons (Fsp3) is 0.222. The van der Waals surface area contributed by atoms with E-state index in [9.17, 15) is 22.8 Å². The van der Waals surface area contributed by atoms with Crippen LogP contribution in [0.2, 0.25) is 0 Å². The van der Waals surface area contributed by atoms with Crippen LogP contribution in [0.4, 0.5) is 19.0 Å². The average Bonchev–Trinajstić information content (AvgIpc) is 3.38. The number of ether oxygens (including phenoxy) is 2. The molecule has 1 saturated carbocycles. The number of hydrogen-bond acceptors (Lipinski definition) is 5. The number of nitrogens with zero attached hydrogens (tertiary/aromatic N) is 1. The van der Waals surface area contributed by atoms with Crippen LogP contribution in [0.25, 0.3) is 6.08 Å². The Balaban J connectivity index is 1.12. The number of aromatic nitrogens is 1. The van der Waals surface area contributed by atoms with Crippen molar-refractivity contribution in [3.63, 3.8) is 0 Å². The highest BCUT2D eigenvalue weighted by Crippen LogP contribution is 2.54. The van der Waals surface area contributed by atoms with Gasteiger partial charge in [-0.2, -0.15) is 13.2 Å². The first-order valence-electron chi connectivity index (χ1n) is 11.7. The maximum absolute atomic E-state index is 12.9. The highest BCUT2D eigenvalue weighted by molar-refractivity contribution is 5.93. The lowest BCUT2D eigenvalue weighted by Crippen LogP contribution is -2.28.